The fourth-order valence-electron chi connectivity index (χ4n) is 3.63. The predicted octanol–water partition coefficient (Wildman–Crippen LogP) is 3.55. The molecule has 2 aromatic heterocycles. The van der Waals surface area contributed by atoms with Crippen molar-refractivity contribution in [1.29, 1.82) is 0 Å². The minimum atomic E-state index is -3.78. The number of ether oxygens (including phenoxy) is 1. The lowest BCUT2D eigenvalue weighted by Gasteiger charge is -2.25. The molecule has 1 aromatic carbocycles. The molecule has 1 fully saturated rings. The number of nitrogens with one attached hydrogen (secondary N) is 1. The van der Waals surface area contributed by atoms with Crippen molar-refractivity contribution in [3.63, 3.8) is 0 Å². The van der Waals surface area contributed by atoms with E-state index in [4.69, 9.17) is 30.8 Å². The summed E-state index contributed by atoms with van der Waals surface area (Å²) in [6.07, 6.45) is 1.20. The molecule has 14 nitrogen and oxygen atoms in total. The number of hydrogen-bond acceptors (Lipinski definition) is 10. The van der Waals surface area contributed by atoms with Crippen LogP contribution in [0.1, 0.15) is 32.9 Å². The topological polar surface area (TPSA) is 201 Å². The number of aromatic nitrogens is 4. The van der Waals surface area contributed by atoms with Gasteiger partial charge < -0.3 is 20.7 Å². The van der Waals surface area contributed by atoms with Crippen LogP contribution in [0.4, 0.5) is 11.8 Å². The minimum Gasteiger partial charge on any atom is -0.413 e. The van der Waals surface area contributed by atoms with Crippen LogP contribution in [-0.2, 0) is 13.8 Å². The molecule has 0 bridgehead atoms. The maximum Gasteiger partial charge on any atom is 0.459 e. The Morgan fingerprint density at radius 1 is 1.37 bits per heavy atom. The van der Waals surface area contributed by atoms with Gasteiger partial charge in [-0.05, 0) is 31.0 Å². The normalized spacial score (nSPS) is 22.4. The van der Waals surface area contributed by atoms with E-state index in [-0.39, 0.29) is 24.4 Å². The monoisotopic (exact) mass is 502 g/mol. The number of nitrogen functional groups attached to an aromatic ring is 2. The van der Waals surface area contributed by atoms with Gasteiger partial charge in [0.05, 0.1) is 25.1 Å². The van der Waals surface area contributed by atoms with Gasteiger partial charge in [0, 0.05) is 17.4 Å². The third-order valence-electron chi connectivity index (χ3n) is 5.55. The van der Waals surface area contributed by atoms with Crippen LogP contribution in [0.5, 0.6) is 5.75 Å². The van der Waals surface area contributed by atoms with Gasteiger partial charge in [-0.1, -0.05) is 30.2 Å². The van der Waals surface area contributed by atoms with E-state index < -0.39 is 26.1 Å². The second kappa shape index (κ2) is 10.5. The van der Waals surface area contributed by atoms with Crippen molar-refractivity contribution < 1.29 is 18.3 Å². The Morgan fingerprint density at radius 2 is 2.14 bits per heavy atom. The van der Waals surface area contributed by atoms with E-state index in [0.717, 1.165) is 0 Å². The van der Waals surface area contributed by atoms with Gasteiger partial charge in [0.1, 0.15) is 17.5 Å². The zero-order valence-corrected chi connectivity index (χ0v) is 20.2. The summed E-state index contributed by atoms with van der Waals surface area (Å²) >= 11 is 0. The van der Waals surface area contributed by atoms with Gasteiger partial charge in [0.2, 0.25) is 5.95 Å². The standard InChI is InChI=1S/C20H27N10O4P/c1-3-12(2)28-35(31,34-13-7-5-4-6-8-13)32-10-15-14(27-29-23)9-16(33-15)30-11-24-17-18(21)25-20(22)26-19(17)30/h4-8,11-12,14-16H,3,9-10H2,1-2H3,(H,28,31)(H4,21,22,25,26)/t12-,14+,15+,16+,35?/m0/s1. The highest BCUT2D eigenvalue weighted by Crippen LogP contribution is 2.46. The molecule has 4 rings (SSSR count). The van der Waals surface area contributed by atoms with Crippen molar-refractivity contribution in [2.24, 2.45) is 5.11 Å². The summed E-state index contributed by atoms with van der Waals surface area (Å²) in [5, 5.41) is 6.78. The van der Waals surface area contributed by atoms with E-state index in [0.29, 0.717) is 29.8 Å². The molecule has 15 heteroatoms. The molecule has 0 radical (unpaired) electrons. The lowest BCUT2D eigenvalue weighted by molar-refractivity contribution is -0.0202. The molecule has 1 aliphatic rings. The highest BCUT2D eigenvalue weighted by atomic mass is 31.2. The van der Waals surface area contributed by atoms with Crippen molar-refractivity contribution in [3.8, 4) is 5.75 Å². The fourth-order valence-corrected chi connectivity index (χ4v) is 5.28. The Hall–Kier alpha value is -3.41. The molecule has 1 unspecified atom stereocenters. The summed E-state index contributed by atoms with van der Waals surface area (Å²) in [4.78, 5) is 15.3. The van der Waals surface area contributed by atoms with Gasteiger partial charge in [-0.3, -0.25) is 9.09 Å². The van der Waals surface area contributed by atoms with Gasteiger partial charge in [-0.2, -0.15) is 9.97 Å². The predicted molar refractivity (Wildman–Crippen MR) is 129 cm³/mol. The van der Waals surface area contributed by atoms with Crippen LogP contribution >= 0.6 is 7.75 Å². The maximum absolute atomic E-state index is 13.6. The number of hydrogen-bond donors (Lipinski definition) is 3. The van der Waals surface area contributed by atoms with Crippen molar-refractivity contribution >= 4 is 30.7 Å². The summed E-state index contributed by atoms with van der Waals surface area (Å²) in [6, 6.07) is 7.98. The van der Waals surface area contributed by atoms with Crippen LogP contribution in [0, 0.1) is 0 Å². The summed E-state index contributed by atoms with van der Waals surface area (Å²) in [5.74, 6) is 0.533. The Balaban J connectivity index is 1.54. The Kier molecular flexibility index (Phi) is 7.39. The molecule has 186 valence electrons. The molecule has 35 heavy (non-hydrogen) atoms. The van der Waals surface area contributed by atoms with Crippen LogP contribution < -0.4 is 21.1 Å². The summed E-state index contributed by atoms with van der Waals surface area (Å²) in [6.45, 7) is 3.67. The zero-order valence-electron chi connectivity index (χ0n) is 19.3. The quantitative estimate of drug-likeness (QED) is 0.159. The zero-order chi connectivity index (χ0) is 25.0. The molecule has 0 aliphatic carbocycles. The fraction of sp³-hybridized carbons (Fsp3) is 0.450. The van der Waals surface area contributed by atoms with Gasteiger partial charge in [0.15, 0.2) is 11.5 Å². The first-order valence-electron chi connectivity index (χ1n) is 11.0. The molecule has 0 spiro atoms. The van der Waals surface area contributed by atoms with Crippen molar-refractivity contribution in [3.05, 3.63) is 47.1 Å². The number of nitrogens with zero attached hydrogens (tertiary/aromatic N) is 7. The van der Waals surface area contributed by atoms with E-state index in [1.807, 2.05) is 19.9 Å². The molecule has 0 amide bonds. The summed E-state index contributed by atoms with van der Waals surface area (Å²) in [7, 11) is -3.78. The van der Waals surface area contributed by atoms with Crippen LogP contribution in [0.3, 0.4) is 0 Å². The molecule has 1 aliphatic heterocycles. The number of benzene rings is 1. The van der Waals surface area contributed by atoms with E-state index in [2.05, 4.69) is 30.1 Å². The highest BCUT2D eigenvalue weighted by Gasteiger charge is 2.39. The first-order chi connectivity index (χ1) is 16.8. The third-order valence-corrected chi connectivity index (χ3v) is 7.25. The van der Waals surface area contributed by atoms with Crippen LogP contribution in [-0.4, -0.2) is 44.3 Å². The summed E-state index contributed by atoms with van der Waals surface area (Å²) < 4.78 is 32.8. The average Bonchev–Trinajstić information content (AvgIpc) is 3.42. The number of azide groups is 1. The smallest absolute Gasteiger partial charge is 0.413 e. The van der Waals surface area contributed by atoms with Gasteiger partial charge in [-0.15, -0.1) is 0 Å². The highest BCUT2D eigenvalue weighted by molar-refractivity contribution is 7.52. The number of fused-ring (bicyclic) bond motifs is 1. The van der Waals surface area contributed by atoms with E-state index in [1.54, 1.807) is 28.8 Å². The average molecular weight is 502 g/mol. The van der Waals surface area contributed by atoms with Crippen molar-refractivity contribution in [2.75, 3.05) is 18.1 Å². The van der Waals surface area contributed by atoms with Crippen LogP contribution in [0.15, 0.2) is 41.8 Å². The molecule has 5 N–H and O–H groups in total. The number of para-hydroxylation sites is 1. The van der Waals surface area contributed by atoms with E-state index >= 15 is 0 Å². The largest absolute Gasteiger partial charge is 0.459 e. The van der Waals surface area contributed by atoms with Crippen molar-refractivity contribution in [2.45, 2.75) is 51.1 Å². The lowest BCUT2D eigenvalue weighted by Crippen LogP contribution is -2.30. The Bertz CT molecular complexity index is 1270. The van der Waals surface area contributed by atoms with Crippen LogP contribution in [0.25, 0.3) is 21.6 Å². The molecule has 0 saturated carbocycles. The SMILES string of the molecule is CC[C@H](C)NP(=O)(OC[C@H]1O[C@@H](n2cnc3c(N)nc(N)nc32)C[C@H]1N=[N+]=[N-])Oc1ccccc1. The second-order valence-corrected chi connectivity index (χ2v) is 9.76. The number of rotatable bonds is 10. The lowest BCUT2D eigenvalue weighted by atomic mass is 10.1. The number of nitrogens with two attached hydrogens (primary N) is 2. The number of imidazole rings is 1. The molecule has 3 heterocycles. The van der Waals surface area contributed by atoms with Gasteiger partial charge in [-0.25, -0.2) is 14.6 Å². The molecular formula is C20H27N10O4P. The molecular weight excluding hydrogens is 475 g/mol. The summed E-state index contributed by atoms with van der Waals surface area (Å²) in [5.41, 5.74) is 21.5. The Morgan fingerprint density at radius 3 is 2.86 bits per heavy atom. The second-order valence-electron chi connectivity index (χ2n) is 8.06. The first kappa shape index (κ1) is 24.7. The Labute approximate surface area is 201 Å². The van der Waals surface area contributed by atoms with Crippen molar-refractivity contribution in [1.82, 2.24) is 24.6 Å². The molecule has 1 saturated heterocycles. The maximum atomic E-state index is 13.6. The van der Waals surface area contributed by atoms with Gasteiger partial charge in [0.25, 0.3) is 0 Å². The molecule has 5 atom stereocenters. The third kappa shape index (κ3) is 5.64. The minimum absolute atomic E-state index is 0.00339. The van der Waals surface area contributed by atoms with E-state index in [9.17, 15) is 4.57 Å². The molecule has 3 aromatic rings. The van der Waals surface area contributed by atoms with E-state index in [1.165, 1.54) is 6.33 Å². The van der Waals surface area contributed by atoms with Gasteiger partial charge >= 0.3 is 7.75 Å². The number of anilines is 2. The van der Waals surface area contributed by atoms with Crippen LogP contribution in [0.2, 0.25) is 0 Å². The first-order valence-corrected chi connectivity index (χ1v) is 12.6.